The van der Waals surface area contributed by atoms with Gasteiger partial charge < -0.3 is 26.8 Å². The molecule has 0 bridgehead atoms. The second-order valence-corrected chi connectivity index (χ2v) is 15.7. The molecule has 21 heteroatoms. The van der Waals surface area contributed by atoms with Crippen LogP contribution in [0.1, 0.15) is 11.1 Å². The molecule has 0 aliphatic heterocycles. The SMILES string of the molecule is COc1c(OS(C)(=O)=O)c(-c2cc(OS(C)(=O)=O)c(OCc3ccc(C)cc3)c([N+](=O)[O-])c2)c(OC)c([N+](=O)[O-])c1-c1ccc(OS(C)(=O)=O)cc1. The van der Waals surface area contributed by atoms with Crippen LogP contribution in [0, 0.1) is 27.2 Å². The number of nitro benzene ring substituents is 2. The Bertz CT molecular complexity index is 2380. The number of hydrogen-bond acceptors (Lipinski definition) is 16. The zero-order chi connectivity index (χ0) is 38.8. The van der Waals surface area contributed by atoms with Crippen LogP contribution >= 0.6 is 0 Å². The lowest BCUT2D eigenvalue weighted by Gasteiger charge is -2.21. The van der Waals surface area contributed by atoms with Gasteiger partial charge in [0.1, 0.15) is 17.9 Å². The van der Waals surface area contributed by atoms with E-state index in [0.29, 0.717) is 18.1 Å². The fraction of sp³-hybridized carbons (Fsp3) is 0.226. The molecule has 0 saturated carbocycles. The molecule has 0 saturated heterocycles. The van der Waals surface area contributed by atoms with Crippen LogP contribution in [0.15, 0.2) is 60.7 Å². The molecule has 0 spiro atoms. The molecule has 0 fully saturated rings. The highest BCUT2D eigenvalue weighted by Gasteiger charge is 2.38. The van der Waals surface area contributed by atoms with E-state index in [-0.39, 0.29) is 17.9 Å². The van der Waals surface area contributed by atoms with E-state index in [1.807, 2.05) is 6.92 Å². The molecule has 0 amide bonds. The summed E-state index contributed by atoms with van der Waals surface area (Å²) in [6, 6.07) is 13.3. The first-order valence-corrected chi connectivity index (χ1v) is 19.8. The van der Waals surface area contributed by atoms with Crippen LogP contribution in [0.4, 0.5) is 11.4 Å². The summed E-state index contributed by atoms with van der Waals surface area (Å²) >= 11 is 0. The number of aryl methyl sites for hydroxylation is 1. The van der Waals surface area contributed by atoms with Gasteiger partial charge in [-0.1, -0.05) is 42.0 Å². The second kappa shape index (κ2) is 14.9. The number of rotatable bonds is 15. The van der Waals surface area contributed by atoms with Crippen molar-refractivity contribution in [3.05, 3.63) is 92.0 Å². The second-order valence-electron chi connectivity index (χ2n) is 11.0. The van der Waals surface area contributed by atoms with Gasteiger partial charge in [0.2, 0.25) is 11.5 Å². The Balaban J connectivity index is 2.13. The average molecular weight is 783 g/mol. The molecule has 0 atom stereocenters. The summed E-state index contributed by atoms with van der Waals surface area (Å²) in [5.41, 5.74) is -1.79. The van der Waals surface area contributed by atoms with Gasteiger partial charge in [-0.05, 0) is 36.2 Å². The smallest absolute Gasteiger partial charge is 0.323 e. The molecule has 0 N–H and O–H groups in total. The van der Waals surface area contributed by atoms with Crippen molar-refractivity contribution in [2.75, 3.05) is 33.0 Å². The lowest BCUT2D eigenvalue weighted by Crippen LogP contribution is -2.12. The summed E-state index contributed by atoms with van der Waals surface area (Å²) in [5, 5.41) is 25.3. The number of nitro groups is 2. The van der Waals surface area contributed by atoms with Crippen LogP contribution in [0.5, 0.6) is 34.5 Å². The van der Waals surface area contributed by atoms with Gasteiger partial charge >= 0.3 is 41.7 Å². The van der Waals surface area contributed by atoms with Crippen LogP contribution < -0.4 is 26.8 Å². The molecule has 4 aromatic rings. The summed E-state index contributed by atoms with van der Waals surface area (Å²) < 4.78 is 105. The highest BCUT2D eigenvalue weighted by molar-refractivity contribution is 7.86. The maximum Gasteiger partial charge on any atom is 0.323 e. The zero-order valence-electron chi connectivity index (χ0n) is 28.1. The number of hydrogen-bond donors (Lipinski definition) is 0. The molecule has 278 valence electrons. The fourth-order valence-electron chi connectivity index (χ4n) is 4.93. The van der Waals surface area contributed by atoms with E-state index in [0.717, 1.165) is 50.3 Å². The maximum atomic E-state index is 12.8. The zero-order valence-corrected chi connectivity index (χ0v) is 30.6. The van der Waals surface area contributed by atoms with Crippen LogP contribution in [0.25, 0.3) is 22.3 Å². The summed E-state index contributed by atoms with van der Waals surface area (Å²) in [7, 11) is -10.9. The number of nitrogens with zero attached hydrogens (tertiary/aromatic N) is 2. The van der Waals surface area contributed by atoms with Gasteiger partial charge in [-0.15, -0.1) is 0 Å². The number of benzene rings is 4. The van der Waals surface area contributed by atoms with Crippen molar-refractivity contribution in [1.29, 1.82) is 0 Å². The van der Waals surface area contributed by atoms with E-state index in [4.69, 9.17) is 26.8 Å². The van der Waals surface area contributed by atoms with Crippen molar-refractivity contribution in [1.82, 2.24) is 0 Å². The van der Waals surface area contributed by atoms with Crippen molar-refractivity contribution in [3.63, 3.8) is 0 Å². The monoisotopic (exact) mass is 782 g/mol. The van der Waals surface area contributed by atoms with Crippen LogP contribution in [0.3, 0.4) is 0 Å². The minimum atomic E-state index is -4.52. The van der Waals surface area contributed by atoms with Crippen LogP contribution in [-0.4, -0.2) is 68.1 Å². The fourth-order valence-corrected chi connectivity index (χ4v) is 6.30. The molecular weight excluding hydrogens is 753 g/mol. The summed E-state index contributed by atoms with van der Waals surface area (Å²) in [6.45, 7) is 1.55. The molecule has 0 radical (unpaired) electrons. The molecule has 0 aliphatic carbocycles. The topological polar surface area (TPSA) is 244 Å². The third kappa shape index (κ3) is 9.35. The highest BCUT2D eigenvalue weighted by Crippen LogP contribution is 2.58. The number of ether oxygens (including phenoxy) is 3. The van der Waals surface area contributed by atoms with Gasteiger partial charge in [-0.2, -0.15) is 25.3 Å². The quantitative estimate of drug-likeness (QED) is 0.0896. The van der Waals surface area contributed by atoms with E-state index in [2.05, 4.69) is 0 Å². The lowest BCUT2D eigenvalue weighted by molar-refractivity contribution is -0.386. The normalized spacial score (nSPS) is 11.7. The van der Waals surface area contributed by atoms with Crippen molar-refractivity contribution < 1.29 is 61.9 Å². The first-order valence-electron chi connectivity index (χ1n) is 14.4. The van der Waals surface area contributed by atoms with E-state index < -0.39 is 97.0 Å². The van der Waals surface area contributed by atoms with Gasteiger partial charge in [0.15, 0.2) is 17.2 Å². The Labute approximate surface area is 298 Å². The molecule has 0 aromatic heterocycles. The van der Waals surface area contributed by atoms with Gasteiger partial charge in [-0.25, -0.2) is 0 Å². The molecule has 0 heterocycles. The maximum absolute atomic E-state index is 12.8. The van der Waals surface area contributed by atoms with Crippen LogP contribution in [-0.2, 0) is 37.0 Å². The Morgan fingerprint density at radius 3 is 1.65 bits per heavy atom. The predicted octanol–water partition coefficient (Wildman–Crippen LogP) is 4.76. The highest BCUT2D eigenvalue weighted by atomic mass is 32.2. The molecule has 4 rings (SSSR count). The minimum absolute atomic E-state index is 0.0421. The molecular formula is C31H30N2O16S3. The van der Waals surface area contributed by atoms with Crippen molar-refractivity contribution in [3.8, 4) is 56.8 Å². The first-order chi connectivity index (χ1) is 24.1. The van der Waals surface area contributed by atoms with E-state index in [9.17, 15) is 45.5 Å². The molecule has 18 nitrogen and oxygen atoms in total. The molecule has 52 heavy (non-hydrogen) atoms. The van der Waals surface area contributed by atoms with E-state index in [1.165, 1.54) is 12.1 Å². The standard InChI is InChI=1S/C31H30N2O16S3/c1-18-7-9-19(10-8-18)17-46-28-23(32(34)35)15-21(16-24(28)48-51(5,40)41)26-29(44-2)27(33(36)37)25(30(45-3)31(26)49-52(6,42)43)20-11-13-22(14-12-20)47-50(4,38)39/h7-16H,17H2,1-6H3. The predicted molar refractivity (Wildman–Crippen MR) is 186 cm³/mol. The van der Waals surface area contributed by atoms with Gasteiger partial charge in [0, 0.05) is 11.6 Å². The summed E-state index contributed by atoms with van der Waals surface area (Å²) in [5.74, 6) is -3.59. The molecule has 0 aliphatic rings. The van der Waals surface area contributed by atoms with Crippen molar-refractivity contribution in [2.24, 2.45) is 0 Å². The van der Waals surface area contributed by atoms with Crippen LogP contribution in [0.2, 0.25) is 0 Å². The molecule has 0 unspecified atom stereocenters. The van der Waals surface area contributed by atoms with E-state index in [1.54, 1.807) is 24.3 Å². The summed E-state index contributed by atoms with van der Waals surface area (Å²) in [6.07, 6.45) is 2.10. The van der Waals surface area contributed by atoms with Crippen molar-refractivity contribution >= 4 is 41.7 Å². The number of methoxy groups -OCH3 is 2. The Kier molecular flexibility index (Phi) is 11.2. The van der Waals surface area contributed by atoms with Gasteiger partial charge in [-0.3, -0.25) is 20.2 Å². The van der Waals surface area contributed by atoms with Gasteiger partial charge in [0.25, 0.3) is 0 Å². The average Bonchev–Trinajstić information content (AvgIpc) is 3.02. The Morgan fingerprint density at radius 1 is 0.615 bits per heavy atom. The van der Waals surface area contributed by atoms with Crippen molar-refractivity contribution in [2.45, 2.75) is 13.5 Å². The minimum Gasteiger partial charge on any atom is -0.492 e. The third-order valence-electron chi connectivity index (χ3n) is 6.82. The van der Waals surface area contributed by atoms with E-state index >= 15 is 0 Å². The molecule has 4 aromatic carbocycles. The Morgan fingerprint density at radius 2 is 1.17 bits per heavy atom. The first kappa shape index (κ1) is 39.1. The summed E-state index contributed by atoms with van der Waals surface area (Å²) in [4.78, 5) is 23.4. The largest absolute Gasteiger partial charge is 0.492 e. The Hall–Kier alpha value is -5.67. The lowest BCUT2D eigenvalue weighted by atomic mass is 9.94. The third-order valence-corrected chi connectivity index (χ3v) is 8.27. The van der Waals surface area contributed by atoms with Gasteiger partial charge in [0.05, 0.1) is 48.4 Å².